The van der Waals surface area contributed by atoms with Gasteiger partial charge < -0.3 is 10.4 Å². The molecule has 3 aliphatic rings. The van der Waals surface area contributed by atoms with Gasteiger partial charge in [0.15, 0.2) is 0 Å². The number of hydrogen-bond acceptors (Lipinski definition) is 2. The van der Waals surface area contributed by atoms with Crippen LogP contribution in [0.4, 0.5) is 30.7 Å². The molecular formula is C24H26F7NO3. The molecule has 194 valence electrons. The Kier molecular flexibility index (Phi) is 6.59. The summed E-state index contributed by atoms with van der Waals surface area (Å²) in [7, 11) is 0. The number of benzene rings is 1. The zero-order valence-electron chi connectivity index (χ0n) is 18.7. The van der Waals surface area contributed by atoms with Crippen LogP contribution in [0.5, 0.6) is 0 Å². The highest BCUT2D eigenvalue weighted by Gasteiger charge is 2.73. The van der Waals surface area contributed by atoms with Crippen molar-refractivity contribution in [2.45, 2.75) is 81.3 Å². The molecule has 3 aliphatic carbocycles. The summed E-state index contributed by atoms with van der Waals surface area (Å²) in [5, 5.41) is 12.2. The number of carbonyl (C=O) groups excluding carboxylic acids is 1. The smallest absolute Gasteiger partial charge is 0.435 e. The summed E-state index contributed by atoms with van der Waals surface area (Å²) in [5.74, 6) is -2.30. The minimum atomic E-state index is -6.16. The summed E-state index contributed by atoms with van der Waals surface area (Å²) in [6, 6.07) is 2.14. The van der Waals surface area contributed by atoms with Crippen molar-refractivity contribution in [3.8, 4) is 0 Å². The molecule has 1 aromatic rings. The molecule has 5 atom stereocenters. The third kappa shape index (κ3) is 4.50. The van der Waals surface area contributed by atoms with E-state index in [0.717, 1.165) is 6.07 Å². The standard InChI is InChI=1S/C24H26F7NO3/c25-22(23(26,27)28,24(29,30)31)14-5-7-16-12(10-14)4-6-18-17(16)8-9-19(18)20(33)32-15-3-1-2-13(11-15)21(34)35/h5,7,10,13,15,17-19H,1-4,6,8-9,11H2,(H,32,33)(H,34,35)/t13?,15?,17?,18?,19-/m1/s1. The van der Waals surface area contributed by atoms with Gasteiger partial charge in [-0.3, -0.25) is 9.59 Å². The molecule has 0 heterocycles. The van der Waals surface area contributed by atoms with Crippen LogP contribution in [0, 0.1) is 17.8 Å². The molecule has 0 aliphatic heterocycles. The minimum Gasteiger partial charge on any atom is -0.481 e. The van der Waals surface area contributed by atoms with E-state index in [1.807, 2.05) is 0 Å². The Morgan fingerprint density at radius 2 is 1.60 bits per heavy atom. The Morgan fingerprint density at radius 1 is 0.914 bits per heavy atom. The quantitative estimate of drug-likeness (QED) is 0.505. The van der Waals surface area contributed by atoms with Crippen LogP contribution in [0.3, 0.4) is 0 Å². The monoisotopic (exact) mass is 509 g/mol. The SMILES string of the molecule is O=C(O)C1CCCC(NC(=O)[C@@H]2CCC3c4ccc(C(F)(C(F)(F)F)C(F)(F)F)cc4CCC32)C1. The number of aliphatic carboxylic acids is 1. The van der Waals surface area contributed by atoms with Crippen molar-refractivity contribution in [3.05, 3.63) is 34.9 Å². The molecule has 2 N–H and O–H groups in total. The first-order valence-corrected chi connectivity index (χ1v) is 11.7. The molecule has 2 fully saturated rings. The van der Waals surface area contributed by atoms with Crippen LogP contribution < -0.4 is 5.32 Å². The lowest BCUT2D eigenvalue weighted by Gasteiger charge is -2.35. The molecule has 1 aromatic carbocycles. The molecule has 11 heteroatoms. The Bertz CT molecular complexity index is 976. The van der Waals surface area contributed by atoms with Crippen LogP contribution >= 0.6 is 0 Å². The van der Waals surface area contributed by atoms with E-state index in [1.165, 1.54) is 0 Å². The number of hydrogen-bond donors (Lipinski definition) is 2. The number of carboxylic acids is 1. The lowest BCUT2D eigenvalue weighted by Crippen LogP contribution is -2.50. The van der Waals surface area contributed by atoms with Gasteiger partial charge in [-0.05, 0) is 67.9 Å². The van der Waals surface area contributed by atoms with Crippen molar-refractivity contribution >= 4 is 11.9 Å². The van der Waals surface area contributed by atoms with Crippen LogP contribution in [0.25, 0.3) is 0 Å². The highest BCUT2D eigenvalue weighted by Crippen LogP contribution is 2.55. The molecule has 0 aromatic heterocycles. The molecule has 4 rings (SSSR count). The number of amides is 1. The van der Waals surface area contributed by atoms with E-state index in [4.69, 9.17) is 0 Å². The predicted molar refractivity (Wildman–Crippen MR) is 110 cm³/mol. The van der Waals surface area contributed by atoms with E-state index in [2.05, 4.69) is 5.32 Å². The molecule has 2 saturated carbocycles. The highest BCUT2D eigenvalue weighted by atomic mass is 19.4. The summed E-state index contributed by atoms with van der Waals surface area (Å²) < 4.78 is 93.5. The average molecular weight is 509 g/mol. The fourth-order valence-corrected chi connectivity index (χ4v) is 6.24. The second-order valence-electron chi connectivity index (χ2n) is 9.97. The normalized spacial score (nSPS) is 29.3. The number of aryl methyl sites for hydroxylation is 1. The Balaban J connectivity index is 1.51. The van der Waals surface area contributed by atoms with Gasteiger partial charge in [0.25, 0.3) is 0 Å². The summed E-state index contributed by atoms with van der Waals surface area (Å²) in [5.41, 5.74) is -6.13. The van der Waals surface area contributed by atoms with Gasteiger partial charge in [-0.2, -0.15) is 26.3 Å². The first kappa shape index (κ1) is 25.8. The van der Waals surface area contributed by atoms with Gasteiger partial charge in [0, 0.05) is 17.5 Å². The molecule has 4 nitrogen and oxygen atoms in total. The molecule has 0 bridgehead atoms. The predicted octanol–water partition coefficient (Wildman–Crippen LogP) is 5.79. The average Bonchev–Trinajstić information content (AvgIpc) is 3.21. The number of carbonyl (C=O) groups is 2. The third-order valence-electron chi connectivity index (χ3n) is 8.00. The summed E-state index contributed by atoms with van der Waals surface area (Å²) in [4.78, 5) is 24.3. The lowest BCUT2D eigenvalue weighted by molar-refractivity contribution is -0.348. The fourth-order valence-electron chi connectivity index (χ4n) is 6.24. The van der Waals surface area contributed by atoms with Gasteiger partial charge in [-0.15, -0.1) is 0 Å². The van der Waals surface area contributed by atoms with Crippen molar-refractivity contribution < 1.29 is 45.4 Å². The second-order valence-corrected chi connectivity index (χ2v) is 9.97. The molecule has 0 spiro atoms. The highest BCUT2D eigenvalue weighted by molar-refractivity contribution is 5.80. The topological polar surface area (TPSA) is 66.4 Å². The lowest BCUT2D eigenvalue weighted by atomic mass is 9.73. The van der Waals surface area contributed by atoms with E-state index in [0.29, 0.717) is 62.6 Å². The number of nitrogens with one attached hydrogen (secondary N) is 1. The summed E-state index contributed by atoms with van der Waals surface area (Å²) >= 11 is 0. The maximum Gasteiger partial charge on any atom is 0.435 e. The van der Waals surface area contributed by atoms with Crippen LogP contribution in [0.1, 0.15) is 67.6 Å². The third-order valence-corrected chi connectivity index (χ3v) is 8.00. The molecule has 0 saturated heterocycles. The van der Waals surface area contributed by atoms with E-state index in [9.17, 15) is 45.4 Å². The summed E-state index contributed by atoms with van der Waals surface area (Å²) in [6.07, 6.45) is -8.44. The first-order valence-electron chi connectivity index (χ1n) is 11.7. The van der Waals surface area contributed by atoms with Crippen LogP contribution in [0.2, 0.25) is 0 Å². The number of halogens is 7. The minimum absolute atomic E-state index is 0.132. The molecule has 35 heavy (non-hydrogen) atoms. The number of rotatable bonds is 4. The van der Waals surface area contributed by atoms with Crippen LogP contribution in [-0.4, -0.2) is 35.4 Å². The maximum absolute atomic E-state index is 14.5. The first-order chi connectivity index (χ1) is 16.2. The van der Waals surface area contributed by atoms with E-state index in [-0.39, 0.29) is 41.7 Å². The maximum atomic E-state index is 14.5. The molecule has 4 unspecified atom stereocenters. The number of fused-ring (bicyclic) bond motifs is 3. The van der Waals surface area contributed by atoms with Crippen LogP contribution in [-0.2, 0) is 21.7 Å². The van der Waals surface area contributed by atoms with Gasteiger partial charge >= 0.3 is 24.0 Å². The zero-order valence-corrected chi connectivity index (χ0v) is 18.7. The Morgan fingerprint density at radius 3 is 2.23 bits per heavy atom. The Labute approximate surface area is 197 Å². The van der Waals surface area contributed by atoms with Gasteiger partial charge in [0.05, 0.1) is 5.92 Å². The van der Waals surface area contributed by atoms with Gasteiger partial charge in [0.1, 0.15) is 0 Å². The Hall–Kier alpha value is -2.33. The van der Waals surface area contributed by atoms with Crippen molar-refractivity contribution in [3.63, 3.8) is 0 Å². The van der Waals surface area contributed by atoms with Gasteiger partial charge in [-0.1, -0.05) is 24.6 Å². The second kappa shape index (κ2) is 8.96. The van der Waals surface area contributed by atoms with E-state index in [1.54, 1.807) is 0 Å². The molecule has 0 radical (unpaired) electrons. The molecular weight excluding hydrogens is 483 g/mol. The van der Waals surface area contributed by atoms with Crippen molar-refractivity contribution in [1.29, 1.82) is 0 Å². The van der Waals surface area contributed by atoms with E-state index < -0.39 is 35.5 Å². The van der Waals surface area contributed by atoms with Crippen LogP contribution in [0.15, 0.2) is 18.2 Å². The largest absolute Gasteiger partial charge is 0.481 e. The van der Waals surface area contributed by atoms with Gasteiger partial charge in [-0.25, -0.2) is 4.39 Å². The van der Waals surface area contributed by atoms with Crippen molar-refractivity contribution in [2.75, 3.05) is 0 Å². The van der Waals surface area contributed by atoms with Crippen molar-refractivity contribution in [2.24, 2.45) is 17.8 Å². The molecule has 1 amide bonds. The summed E-state index contributed by atoms with van der Waals surface area (Å²) in [6.45, 7) is 0. The zero-order chi connectivity index (χ0) is 25.8. The number of alkyl halides is 7. The van der Waals surface area contributed by atoms with Gasteiger partial charge in [0.2, 0.25) is 5.91 Å². The number of carboxylic acid groups (broad SMARTS) is 1. The van der Waals surface area contributed by atoms with Crippen molar-refractivity contribution in [1.82, 2.24) is 5.32 Å². The fraction of sp³-hybridized carbons (Fsp3) is 0.667. The van der Waals surface area contributed by atoms with E-state index >= 15 is 0 Å².